The molecular formula is C15H24N2OS2. The molecule has 0 aromatic carbocycles. The smallest absolute Gasteiger partial charge is 0.221 e. The Labute approximate surface area is 129 Å². The minimum absolute atomic E-state index is 0.119. The van der Waals surface area contributed by atoms with Crippen molar-refractivity contribution < 1.29 is 4.79 Å². The van der Waals surface area contributed by atoms with Crippen LogP contribution in [0.25, 0.3) is 0 Å². The average molecular weight is 313 g/mol. The van der Waals surface area contributed by atoms with Gasteiger partial charge in [0, 0.05) is 29.8 Å². The summed E-state index contributed by atoms with van der Waals surface area (Å²) in [5.74, 6) is 0.119. The van der Waals surface area contributed by atoms with E-state index in [1.54, 1.807) is 0 Å². The lowest BCUT2D eigenvalue weighted by atomic mass is 10.0. The average Bonchev–Trinajstić information content (AvgIpc) is 2.74. The van der Waals surface area contributed by atoms with Crippen LogP contribution in [-0.4, -0.2) is 23.2 Å². The molecule has 0 spiro atoms. The Bertz CT molecular complexity index is 465. The lowest BCUT2D eigenvalue weighted by Crippen LogP contribution is -2.41. The van der Waals surface area contributed by atoms with Crippen LogP contribution in [0, 0.1) is 0 Å². The third-order valence-electron chi connectivity index (χ3n) is 3.17. The van der Waals surface area contributed by atoms with Crippen molar-refractivity contribution in [1.29, 1.82) is 0 Å². The number of thiophene rings is 1. The molecule has 1 unspecified atom stereocenters. The third-order valence-corrected chi connectivity index (χ3v) is 5.51. The van der Waals surface area contributed by atoms with Crippen LogP contribution >= 0.6 is 23.1 Å². The van der Waals surface area contributed by atoms with Gasteiger partial charge in [-0.15, -0.1) is 23.1 Å². The first-order valence-corrected chi connectivity index (χ1v) is 8.89. The molecule has 1 aliphatic rings. The quantitative estimate of drug-likeness (QED) is 0.893. The summed E-state index contributed by atoms with van der Waals surface area (Å²) < 4.78 is 1.43. The molecule has 2 N–H and O–H groups in total. The van der Waals surface area contributed by atoms with E-state index in [-0.39, 0.29) is 11.4 Å². The molecule has 0 radical (unpaired) electrons. The van der Waals surface area contributed by atoms with Crippen LogP contribution in [0.4, 0.5) is 0 Å². The van der Waals surface area contributed by atoms with Crippen molar-refractivity contribution in [3.05, 3.63) is 17.0 Å². The number of fused-ring (bicyclic) bond motifs is 1. The summed E-state index contributed by atoms with van der Waals surface area (Å²) in [6, 6.07) is 2.61. The molecule has 1 amide bonds. The van der Waals surface area contributed by atoms with E-state index in [9.17, 15) is 4.79 Å². The molecule has 1 aliphatic heterocycles. The summed E-state index contributed by atoms with van der Waals surface area (Å²) in [5.41, 5.74) is 1.27. The molecular weight excluding hydrogens is 288 g/mol. The molecule has 1 aromatic heterocycles. The van der Waals surface area contributed by atoms with Crippen LogP contribution in [0.2, 0.25) is 0 Å². The third kappa shape index (κ3) is 4.50. The van der Waals surface area contributed by atoms with E-state index in [0.717, 1.165) is 13.0 Å². The van der Waals surface area contributed by atoms with Gasteiger partial charge in [-0.05, 0) is 44.2 Å². The normalized spacial score (nSPS) is 22.4. The fourth-order valence-electron chi connectivity index (χ4n) is 2.38. The highest BCUT2D eigenvalue weighted by atomic mass is 32.2. The Morgan fingerprint density at radius 2 is 2.20 bits per heavy atom. The fraction of sp³-hybridized carbons (Fsp3) is 0.667. The van der Waals surface area contributed by atoms with Crippen molar-refractivity contribution in [2.45, 2.75) is 61.6 Å². The number of amides is 1. The molecule has 20 heavy (non-hydrogen) atoms. The zero-order valence-electron chi connectivity index (χ0n) is 12.7. The second kappa shape index (κ2) is 6.50. The standard InChI is InChI=1S/C15H24N2OS2/c1-10-9-12(11-6-8-19-14(11)20-10)16-7-5-13(18)17-15(2,3)4/h6,8,10,12,16H,5,7,9H2,1-4H3,(H,17,18)/t10-,12?/m0/s1. The molecule has 0 bridgehead atoms. The summed E-state index contributed by atoms with van der Waals surface area (Å²) in [5, 5.41) is 9.35. The summed E-state index contributed by atoms with van der Waals surface area (Å²) in [6.07, 6.45) is 1.67. The highest BCUT2D eigenvalue weighted by Crippen LogP contribution is 2.43. The maximum Gasteiger partial charge on any atom is 0.221 e. The molecule has 3 nitrogen and oxygen atoms in total. The molecule has 5 heteroatoms. The van der Waals surface area contributed by atoms with Crippen LogP contribution in [0.1, 0.15) is 52.1 Å². The van der Waals surface area contributed by atoms with Gasteiger partial charge in [0.15, 0.2) is 0 Å². The van der Waals surface area contributed by atoms with Crippen molar-refractivity contribution in [2.75, 3.05) is 6.54 Å². The molecule has 2 heterocycles. The van der Waals surface area contributed by atoms with Crippen LogP contribution in [0.5, 0.6) is 0 Å². The minimum Gasteiger partial charge on any atom is -0.351 e. The van der Waals surface area contributed by atoms with E-state index in [2.05, 4.69) is 29.0 Å². The Balaban J connectivity index is 1.82. The van der Waals surface area contributed by atoms with Crippen LogP contribution < -0.4 is 10.6 Å². The summed E-state index contributed by atoms with van der Waals surface area (Å²) in [4.78, 5) is 11.8. The topological polar surface area (TPSA) is 41.1 Å². The summed E-state index contributed by atoms with van der Waals surface area (Å²) in [6.45, 7) is 9.04. The molecule has 0 aliphatic carbocycles. The SMILES string of the molecule is C[C@H]1CC(NCCC(=O)NC(C)(C)C)c2ccsc2S1. The summed E-state index contributed by atoms with van der Waals surface area (Å²) in [7, 11) is 0. The first-order valence-electron chi connectivity index (χ1n) is 7.13. The molecule has 0 saturated heterocycles. The molecule has 0 fully saturated rings. The number of carbonyl (C=O) groups excluding carboxylic acids is 1. The zero-order chi connectivity index (χ0) is 14.8. The van der Waals surface area contributed by atoms with E-state index in [1.807, 2.05) is 43.9 Å². The fourth-order valence-corrected chi connectivity index (χ4v) is 4.95. The number of hydrogen-bond donors (Lipinski definition) is 2. The van der Waals surface area contributed by atoms with E-state index < -0.39 is 0 Å². The van der Waals surface area contributed by atoms with Crippen molar-refractivity contribution in [1.82, 2.24) is 10.6 Å². The Kier molecular flexibility index (Phi) is 5.15. The molecule has 2 atom stereocenters. The van der Waals surface area contributed by atoms with Gasteiger partial charge < -0.3 is 10.6 Å². The van der Waals surface area contributed by atoms with Gasteiger partial charge in [-0.3, -0.25) is 4.79 Å². The van der Waals surface area contributed by atoms with Crippen molar-refractivity contribution in [2.24, 2.45) is 0 Å². The zero-order valence-corrected chi connectivity index (χ0v) is 14.3. The second-order valence-corrected chi connectivity index (χ2v) is 9.01. The first kappa shape index (κ1) is 15.9. The molecule has 2 rings (SSSR count). The van der Waals surface area contributed by atoms with Crippen LogP contribution in [0.3, 0.4) is 0 Å². The number of nitrogens with one attached hydrogen (secondary N) is 2. The van der Waals surface area contributed by atoms with Crippen molar-refractivity contribution >= 4 is 29.0 Å². The van der Waals surface area contributed by atoms with Crippen LogP contribution in [-0.2, 0) is 4.79 Å². The molecule has 1 aromatic rings. The monoisotopic (exact) mass is 312 g/mol. The molecule has 0 saturated carbocycles. The maximum absolute atomic E-state index is 11.8. The van der Waals surface area contributed by atoms with E-state index in [1.165, 1.54) is 9.77 Å². The first-order chi connectivity index (χ1) is 9.35. The van der Waals surface area contributed by atoms with Gasteiger partial charge >= 0.3 is 0 Å². The predicted molar refractivity (Wildman–Crippen MR) is 87.5 cm³/mol. The number of rotatable bonds is 4. The Morgan fingerprint density at radius 3 is 2.90 bits per heavy atom. The lowest BCUT2D eigenvalue weighted by Gasteiger charge is -2.28. The largest absolute Gasteiger partial charge is 0.351 e. The van der Waals surface area contributed by atoms with Gasteiger partial charge in [-0.25, -0.2) is 0 Å². The van der Waals surface area contributed by atoms with Gasteiger partial charge in [-0.2, -0.15) is 0 Å². The highest BCUT2D eigenvalue weighted by Gasteiger charge is 2.25. The Hall–Kier alpha value is -0.520. The Morgan fingerprint density at radius 1 is 1.45 bits per heavy atom. The highest BCUT2D eigenvalue weighted by molar-refractivity contribution is 8.01. The van der Waals surface area contributed by atoms with Gasteiger partial charge in [0.05, 0.1) is 4.21 Å². The molecule has 112 valence electrons. The number of carbonyl (C=O) groups is 1. The summed E-state index contributed by atoms with van der Waals surface area (Å²) >= 11 is 3.79. The van der Waals surface area contributed by atoms with Gasteiger partial charge in [0.1, 0.15) is 0 Å². The van der Waals surface area contributed by atoms with Crippen LogP contribution in [0.15, 0.2) is 15.7 Å². The lowest BCUT2D eigenvalue weighted by molar-refractivity contribution is -0.122. The van der Waals surface area contributed by atoms with Gasteiger partial charge in [0.25, 0.3) is 0 Å². The van der Waals surface area contributed by atoms with Gasteiger partial charge in [0.2, 0.25) is 5.91 Å². The van der Waals surface area contributed by atoms with Crippen molar-refractivity contribution in [3.8, 4) is 0 Å². The van der Waals surface area contributed by atoms with E-state index >= 15 is 0 Å². The maximum atomic E-state index is 11.8. The van der Waals surface area contributed by atoms with Gasteiger partial charge in [-0.1, -0.05) is 6.92 Å². The number of thioether (sulfide) groups is 1. The van der Waals surface area contributed by atoms with Crippen molar-refractivity contribution in [3.63, 3.8) is 0 Å². The van der Waals surface area contributed by atoms with E-state index in [4.69, 9.17) is 0 Å². The second-order valence-electron chi connectivity index (χ2n) is 6.38. The van der Waals surface area contributed by atoms with E-state index in [0.29, 0.717) is 17.7 Å². The predicted octanol–water partition coefficient (Wildman–Crippen LogP) is 3.57. The minimum atomic E-state index is -0.145. The number of hydrogen-bond acceptors (Lipinski definition) is 4.